The van der Waals surface area contributed by atoms with Crippen molar-refractivity contribution in [3.05, 3.63) is 0 Å². The molecule has 0 aromatic heterocycles. The van der Waals surface area contributed by atoms with Crippen LogP contribution in [0.5, 0.6) is 0 Å². The van der Waals surface area contributed by atoms with Crippen molar-refractivity contribution in [3.8, 4) is 0 Å². The van der Waals surface area contributed by atoms with Crippen LogP contribution in [0.2, 0.25) is 0 Å². The summed E-state index contributed by atoms with van der Waals surface area (Å²) < 4.78 is 0. The number of aliphatic imine (C=N–C) groups is 1. The molecule has 1 aliphatic heterocycles. The van der Waals surface area contributed by atoms with Crippen LogP contribution in [0.4, 0.5) is 0 Å². The van der Waals surface area contributed by atoms with Crippen molar-refractivity contribution >= 4 is 22.8 Å². The monoisotopic (exact) mass is 297 g/mol. The van der Waals surface area contributed by atoms with Gasteiger partial charge in [-0.1, -0.05) is 44.9 Å². The Morgan fingerprint density at radius 2 is 2.05 bits per heavy atom. The fourth-order valence-electron chi connectivity index (χ4n) is 2.76. The number of rotatable bonds is 4. The van der Waals surface area contributed by atoms with E-state index < -0.39 is 0 Å². The molecule has 20 heavy (non-hydrogen) atoms. The van der Waals surface area contributed by atoms with Gasteiger partial charge < -0.3 is 10.6 Å². The van der Waals surface area contributed by atoms with Crippen LogP contribution in [-0.4, -0.2) is 35.0 Å². The zero-order valence-electron chi connectivity index (χ0n) is 12.9. The maximum absolute atomic E-state index is 11.9. The lowest BCUT2D eigenvalue weighted by molar-refractivity contribution is -0.122. The van der Waals surface area contributed by atoms with Crippen LogP contribution in [0.15, 0.2) is 4.99 Å². The molecule has 1 heterocycles. The molecule has 1 aliphatic carbocycles. The zero-order valence-corrected chi connectivity index (χ0v) is 13.7. The van der Waals surface area contributed by atoms with Crippen LogP contribution in [0, 0.1) is 5.92 Å². The minimum Gasteiger partial charge on any atom is -0.359 e. The minimum absolute atomic E-state index is 0.0261. The van der Waals surface area contributed by atoms with Crippen LogP contribution in [0.1, 0.15) is 52.9 Å². The normalized spacial score (nSPS) is 24.9. The molecule has 1 saturated heterocycles. The summed E-state index contributed by atoms with van der Waals surface area (Å²) in [7, 11) is 0. The third-order valence-corrected chi connectivity index (χ3v) is 5.22. The van der Waals surface area contributed by atoms with Gasteiger partial charge in [-0.3, -0.25) is 4.79 Å². The molecule has 0 bridgehead atoms. The topological polar surface area (TPSA) is 53.5 Å². The van der Waals surface area contributed by atoms with E-state index in [1.54, 1.807) is 11.8 Å². The Kier molecular flexibility index (Phi) is 5.35. The number of amidine groups is 1. The van der Waals surface area contributed by atoms with Gasteiger partial charge in [0.25, 0.3) is 0 Å². The fraction of sp³-hybridized carbons (Fsp3) is 0.867. The van der Waals surface area contributed by atoms with E-state index >= 15 is 0 Å². The third-order valence-electron chi connectivity index (χ3n) is 4.04. The van der Waals surface area contributed by atoms with E-state index in [-0.39, 0.29) is 17.5 Å². The van der Waals surface area contributed by atoms with Gasteiger partial charge in [0.1, 0.15) is 6.04 Å². The zero-order chi connectivity index (χ0) is 14.6. The molecule has 2 rings (SSSR count). The molecule has 0 aromatic carbocycles. The van der Waals surface area contributed by atoms with Gasteiger partial charge in [-0.2, -0.15) is 0 Å². The standard InChI is InChI=1S/C15H27N3OS/c1-11(2)9-16-13(19)12(3)17-14-18-15(10-20-14)7-5-4-6-8-15/h11-12H,4-10H2,1-3H3,(H,16,19)(H,17,18). The van der Waals surface area contributed by atoms with Gasteiger partial charge in [0, 0.05) is 17.8 Å². The first-order valence-corrected chi connectivity index (χ1v) is 8.76. The first-order valence-electron chi connectivity index (χ1n) is 7.77. The third kappa shape index (κ3) is 4.14. The van der Waals surface area contributed by atoms with Crippen LogP contribution in [-0.2, 0) is 4.79 Å². The minimum atomic E-state index is -0.303. The van der Waals surface area contributed by atoms with Gasteiger partial charge in [0.05, 0.1) is 0 Å². The summed E-state index contributed by atoms with van der Waals surface area (Å²) in [6, 6.07) is -0.303. The van der Waals surface area contributed by atoms with Gasteiger partial charge >= 0.3 is 0 Å². The first-order chi connectivity index (χ1) is 9.51. The van der Waals surface area contributed by atoms with Crippen molar-refractivity contribution in [2.45, 2.75) is 64.5 Å². The number of nitrogens with zero attached hydrogens (tertiary/aromatic N) is 1. The van der Waals surface area contributed by atoms with E-state index in [0.717, 1.165) is 17.5 Å². The van der Waals surface area contributed by atoms with Crippen molar-refractivity contribution in [1.29, 1.82) is 0 Å². The maximum Gasteiger partial charge on any atom is 0.244 e. The Balaban J connectivity index is 1.86. The molecular formula is C15H27N3OS. The Morgan fingerprint density at radius 1 is 1.35 bits per heavy atom. The lowest BCUT2D eigenvalue weighted by atomic mass is 9.83. The Bertz CT molecular complexity index is 375. The number of hydrogen-bond donors (Lipinski definition) is 2. The molecule has 0 aromatic rings. The van der Waals surface area contributed by atoms with E-state index in [2.05, 4.69) is 29.5 Å². The van der Waals surface area contributed by atoms with Crippen LogP contribution >= 0.6 is 11.8 Å². The summed E-state index contributed by atoms with van der Waals surface area (Å²) in [5.41, 5.74) is 0.260. The van der Waals surface area contributed by atoms with Gasteiger partial charge in [-0.15, -0.1) is 0 Å². The number of carbonyl (C=O) groups excluding carboxylic acids is 1. The average Bonchev–Trinajstić information content (AvgIpc) is 2.79. The molecule has 5 heteroatoms. The summed E-state index contributed by atoms with van der Waals surface area (Å²) in [6.45, 7) is 6.78. The predicted octanol–water partition coefficient (Wildman–Crippen LogP) is 2.54. The second-order valence-corrected chi connectivity index (χ2v) is 7.47. The van der Waals surface area contributed by atoms with E-state index in [4.69, 9.17) is 0 Å². The number of carbonyl (C=O) groups is 1. The van der Waals surface area contributed by atoms with Crippen molar-refractivity contribution in [3.63, 3.8) is 0 Å². The summed E-state index contributed by atoms with van der Waals surface area (Å²) in [5, 5.41) is 7.49. The van der Waals surface area contributed by atoms with Gasteiger partial charge in [-0.25, -0.2) is 4.99 Å². The average molecular weight is 297 g/mol. The van der Waals surface area contributed by atoms with Crippen LogP contribution in [0.25, 0.3) is 0 Å². The number of nitrogens with one attached hydrogen (secondary N) is 2. The molecule has 2 fully saturated rings. The van der Waals surface area contributed by atoms with E-state index in [1.807, 2.05) is 6.92 Å². The molecule has 1 unspecified atom stereocenters. The smallest absolute Gasteiger partial charge is 0.244 e. The number of hydrogen-bond acceptors (Lipinski definition) is 3. The molecule has 2 N–H and O–H groups in total. The predicted molar refractivity (Wildman–Crippen MR) is 86.2 cm³/mol. The second-order valence-electron chi connectivity index (χ2n) is 6.50. The lowest BCUT2D eigenvalue weighted by Gasteiger charge is -2.32. The van der Waals surface area contributed by atoms with Crippen molar-refractivity contribution in [1.82, 2.24) is 10.6 Å². The molecule has 1 amide bonds. The van der Waals surface area contributed by atoms with E-state index in [0.29, 0.717) is 5.92 Å². The number of amides is 1. The highest BCUT2D eigenvalue weighted by molar-refractivity contribution is 8.14. The quantitative estimate of drug-likeness (QED) is 0.838. The molecule has 1 spiro atoms. The van der Waals surface area contributed by atoms with Gasteiger partial charge in [-0.05, 0) is 25.7 Å². The molecule has 1 atom stereocenters. The van der Waals surface area contributed by atoms with Crippen LogP contribution in [0.3, 0.4) is 0 Å². The highest BCUT2D eigenvalue weighted by Gasteiger charge is 2.38. The Morgan fingerprint density at radius 3 is 2.70 bits per heavy atom. The molecule has 2 aliphatic rings. The van der Waals surface area contributed by atoms with Crippen LogP contribution < -0.4 is 10.6 Å². The summed E-state index contributed by atoms with van der Waals surface area (Å²) >= 11 is 1.78. The molecule has 0 radical (unpaired) electrons. The fourth-order valence-corrected chi connectivity index (χ4v) is 4.06. The summed E-state index contributed by atoms with van der Waals surface area (Å²) in [6.07, 6.45) is 6.46. The second kappa shape index (κ2) is 6.83. The Labute approximate surface area is 126 Å². The Hall–Kier alpha value is -0.710. The van der Waals surface area contributed by atoms with Crippen molar-refractivity contribution < 1.29 is 4.79 Å². The highest BCUT2D eigenvalue weighted by Crippen LogP contribution is 2.36. The van der Waals surface area contributed by atoms with Gasteiger partial charge in [0.2, 0.25) is 5.91 Å². The maximum atomic E-state index is 11.9. The largest absolute Gasteiger partial charge is 0.359 e. The highest BCUT2D eigenvalue weighted by atomic mass is 32.2. The van der Waals surface area contributed by atoms with Gasteiger partial charge in [0.15, 0.2) is 5.17 Å². The van der Waals surface area contributed by atoms with Crippen molar-refractivity contribution in [2.75, 3.05) is 12.3 Å². The lowest BCUT2D eigenvalue weighted by Crippen LogP contribution is -2.45. The van der Waals surface area contributed by atoms with E-state index in [9.17, 15) is 4.79 Å². The SMILES string of the molecule is CC(C)CNC(=O)C(C)N=C1NC2(CCCCC2)CS1. The van der Waals surface area contributed by atoms with E-state index in [1.165, 1.54) is 32.1 Å². The van der Waals surface area contributed by atoms with Crippen molar-refractivity contribution in [2.24, 2.45) is 10.9 Å². The molecular weight excluding hydrogens is 270 g/mol. The summed E-state index contributed by atoms with van der Waals surface area (Å²) in [5.74, 6) is 1.60. The summed E-state index contributed by atoms with van der Waals surface area (Å²) in [4.78, 5) is 16.5. The molecule has 114 valence electrons. The molecule has 4 nitrogen and oxygen atoms in total. The first kappa shape index (κ1) is 15.7. The molecule has 1 saturated carbocycles. The number of thioether (sulfide) groups is 1.